The number of rotatable bonds is 12. The maximum absolute atomic E-state index is 13.4. The minimum atomic E-state index is -0.354. The third-order valence-corrected chi connectivity index (χ3v) is 7.15. The first kappa shape index (κ1) is 29.7. The van der Waals surface area contributed by atoms with Crippen LogP contribution in [0.25, 0.3) is 0 Å². The fourth-order valence-corrected chi connectivity index (χ4v) is 5.00. The third-order valence-electron chi connectivity index (χ3n) is 7.15. The van der Waals surface area contributed by atoms with Crippen molar-refractivity contribution in [1.82, 2.24) is 5.32 Å². The van der Waals surface area contributed by atoms with Crippen LogP contribution in [-0.4, -0.2) is 65.0 Å². The van der Waals surface area contributed by atoms with Crippen molar-refractivity contribution in [1.29, 1.82) is 0 Å². The van der Waals surface area contributed by atoms with Gasteiger partial charge in [-0.25, -0.2) is 4.79 Å². The van der Waals surface area contributed by atoms with E-state index in [2.05, 4.69) is 31.8 Å². The summed E-state index contributed by atoms with van der Waals surface area (Å²) in [4.78, 5) is 30.8. The van der Waals surface area contributed by atoms with Crippen molar-refractivity contribution in [2.24, 2.45) is 0 Å². The van der Waals surface area contributed by atoms with Gasteiger partial charge < -0.3 is 35.2 Å². The van der Waals surface area contributed by atoms with E-state index in [4.69, 9.17) is 9.47 Å². The van der Waals surface area contributed by atoms with Crippen molar-refractivity contribution >= 4 is 34.7 Å². The topological polar surface area (TPSA) is 95.2 Å². The average molecular weight is 560 g/mol. The second kappa shape index (κ2) is 14.9. The summed E-state index contributed by atoms with van der Waals surface area (Å²) in [5.74, 6) is 0.673. The van der Waals surface area contributed by atoms with E-state index in [1.54, 1.807) is 13.2 Å². The molecule has 3 aromatic rings. The van der Waals surface area contributed by atoms with Crippen molar-refractivity contribution in [2.45, 2.75) is 26.7 Å². The van der Waals surface area contributed by atoms with E-state index in [1.807, 2.05) is 68.4 Å². The van der Waals surface area contributed by atoms with Gasteiger partial charge in [-0.2, -0.15) is 0 Å². The summed E-state index contributed by atoms with van der Waals surface area (Å²) in [6.07, 6.45) is 1.53. The van der Waals surface area contributed by atoms with E-state index in [1.165, 1.54) is 0 Å². The van der Waals surface area contributed by atoms with Crippen molar-refractivity contribution in [3.63, 3.8) is 0 Å². The van der Waals surface area contributed by atoms with Gasteiger partial charge >= 0.3 is 6.03 Å². The van der Waals surface area contributed by atoms with Gasteiger partial charge in [0.25, 0.3) is 5.91 Å². The van der Waals surface area contributed by atoms with Crippen LogP contribution in [-0.2, 0) is 11.2 Å². The van der Waals surface area contributed by atoms with E-state index < -0.39 is 0 Å². The highest BCUT2D eigenvalue weighted by Crippen LogP contribution is 2.31. The zero-order valence-corrected chi connectivity index (χ0v) is 24.2. The highest BCUT2D eigenvalue weighted by atomic mass is 16.5. The number of urea groups is 1. The molecule has 0 unspecified atom stereocenters. The molecule has 3 N–H and O–H groups in total. The first-order valence-corrected chi connectivity index (χ1v) is 14.3. The van der Waals surface area contributed by atoms with Crippen LogP contribution in [0.15, 0.2) is 66.7 Å². The molecule has 0 bridgehead atoms. The molecule has 9 heteroatoms. The number of methoxy groups -OCH3 is 1. The summed E-state index contributed by atoms with van der Waals surface area (Å²) < 4.78 is 11.0. The van der Waals surface area contributed by atoms with Gasteiger partial charge in [0.1, 0.15) is 5.75 Å². The number of hydrogen-bond donors (Lipinski definition) is 3. The van der Waals surface area contributed by atoms with E-state index in [-0.39, 0.29) is 11.9 Å². The van der Waals surface area contributed by atoms with E-state index >= 15 is 0 Å². The fraction of sp³-hybridized carbons (Fsp3) is 0.375. The van der Waals surface area contributed by atoms with E-state index in [9.17, 15) is 9.59 Å². The number of benzene rings is 3. The molecule has 0 aliphatic carbocycles. The van der Waals surface area contributed by atoms with Crippen LogP contribution >= 0.6 is 0 Å². The number of ether oxygens (including phenoxy) is 2. The molecule has 0 atom stereocenters. The largest absolute Gasteiger partial charge is 0.495 e. The van der Waals surface area contributed by atoms with Crippen LogP contribution in [0.1, 0.15) is 36.2 Å². The van der Waals surface area contributed by atoms with E-state index in [0.717, 1.165) is 67.4 Å². The molecule has 1 fully saturated rings. The van der Waals surface area contributed by atoms with Gasteiger partial charge in [-0.15, -0.1) is 0 Å². The average Bonchev–Trinajstić information content (AvgIpc) is 3.01. The Hall–Kier alpha value is -4.24. The number of para-hydroxylation sites is 3. The van der Waals surface area contributed by atoms with E-state index in [0.29, 0.717) is 31.0 Å². The minimum absolute atomic E-state index is 0.177. The van der Waals surface area contributed by atoms with Gasteiger partial charge in [0.2, 0.25) is 0 Å². The Balaban J connectivity index is 1.49. The highest BCUT2D eigenvalue weighted by molar-refractivity contribution is 6.04. The Morgan fingerprint density at radius 2 is 1.56 bits per heavy atom. The summed E-state index contributed by atoms with van der Waals surface area (Å²) in [5.41, 5.74) is 4.80. The monoisotopic (exact) mass is 559 g/mol. The number of piperazine rings is 1. The number of aryl methyl sites for hydroxylation is 1. The SMILES string of the molecule is CCOCCCNC(=O)c1cc(NC(=O)Nc2ccccc2CC)ccc1N1CCN(c2ccccc2OC)CC1. The van der Waals surface area contributed by atoms with Crippen molar-refractivity contribution in [2.75, 3.05) is 73.5 Å². The molecule has 0 radical (unpaired) electrons. The maximum Gasteiger partial charge on any atom is 0.323 e. The molecule has 0 saturated carbocycles. The molecule has 218 valence electrons. The van der Waals surface area contributed by atoms with Crippen LogP contribution in [0, 0.1) is 0 Å². The maximum atomic E-state index is 13.4. The normalized spacial score (nSPS) is 13.0. The van der Waals surface area contributed by atoms with Crippen LogP contribution in [0.3, 0.4) is 0 Å². The first-order valence-electron chi connectivity index (χ1n) is 14.3. The molecule has 1 aliphatic rings. The van der Waals surface area contributed by atoms with Gasteiger partial charge in [0.05, 0.1) is 18.4 Å². The molecule has 0 aromatic heterocycles. The number of amides is 3. The summed E-state index contributed by atoms with van der Waals surface area (Å²) in [6, 6.07) is 20.9. The molecule has 1 aliphatic heterocycles. The molecule has 9 nitrogen and oxygen atoms in total. The quantitative estimate of drug-likeness (QED) is 0.258. The lowest BCUT2D eigenvalue weighted by atomic mass is 10.1. The smallest absolute Gasteiger partial charge is 0.323 e. The van der Waals surface area contributed by atoms with Crippen LogP contribution in [0.4, 0.5) is 27.5 Å². The number of hydrogen-bond acceptors (Lipinski definition) is 6. The van der Waals surface area contributed by atoms with Gasteiger partial charge in [-0.1, -0.05) is 37.3 Å². The number of nitrogens with zero attached hydrogens (tertiary/aromatic N) is 2. The highest BCUT2D eigenvalue weighted by Gasteiger charge is 2.24. The molecule has 1 heterocycles. The number of carbonyl (C=O) groups is 2. The number of anilines is 4. The second-order valence-electron chi connectivity index (χ2n) is 9.77. The van der Waals surface area contributed by atoms with Gasteiger partial charge in [0.15, 0.2) is 0 Å². The second-order valence-corrected chi connectivity index (χ2v) is 9.77. The van der Waals surface area contributed by atoms with Crippen LogP contribution in [0.2, 0.25) is 0 Å². The summed E-state index contributed by atoms with van der Waals surface area (Å²) in [5, 5.41) is 8.85. The van der Waals surface area contributed by atoms with Gasteiger partial charge in [-0.3, -0.25) is 4.79 Å². The van der Waals surface area contributed by atoms with Crippen LogP contribution in [0.5, 0.6) is 5.75 Å². The third kappa shape index (κ3) is 7.91. The standard InChI is InChI=1S/C32H41N5O4/c1-4-24-11-6-7-12-27(24)35-32(39)34-25-15-16-28(26(23-25)31(38)33-17-10-22-41-5-2)36-18-20-37(21-19-36)29-13-8-9-14-30(29)40-3/h6-9,11-16,23H,4-5,10,17-22H2,1-3H3,(H,33,38)(H2,34,35,39). The van der Waals surface area contributed by atoms with Crippen molar-refractivity contribution in [3.05, 3.63) is 77.9 Å². The Labute approximate surface area is 242 Å². The van der Waals surface area contributed by atoms with Crippen molar-refractivity contribution in [3.8, 4) is 5.75 Å². The predicted molar refractivity (Wildman–Crippen MR) is 166 cm³/mol. The van der Waals surface area contributed by atoms with Gasteiger partial charge in [0, 0.05) is 63.0 Å². The van der Waals surface area contributed by atoms with Crippen LogP contribution < -0.4 is 30.5 Å². The lowest BCUT2D eigenvalue weighted by molar-refractivity contribution is 0.0944. The van der Waals surface area contributed by atoms with Crippen molar-refractivity contribution < 1.29 is 19.1 Å². The van der Waals surface area contributed by atoms with Gasteiger partial charge in [-0.05, 0) is 61.7 Å². The molecule has 4 rings (SSSR count). The number of carbonyl (C=O) groups excluding carboxylic acids is 2. The molecule has 3 aromatic carbocycles. The minimum Gasteiger partial charge on any atom is -0.495 e. The summed E-state index contributed by atoms with van der Waals surface area (Å²) in [6.45, 7) is 8.80. The lowest BCUT2D eigenvalue weighted by Crippen LogP contribution is -2.47. The Kier molecular flexibility index (Phi) is 10.8. The molecular weight excluding hydrogens is 518 g/mol. The zero-order valence-electron chi connectivity index (χ0n) is 24.2. The predicted octanol–water partition coefficient (Wildman–Crippen LogP) is 5.38. The summed E-state index contributed by atoms with van der Waals surface area (Å²) >= 11 is 0. The Bertz CT molecular complexity index is 1310. The number of nitrogens with one attached hydrogen (secondary N) is 3. The lowest BCUT2D eigenvalue weighted by Gasteiger charge is -2.38. The Morgan fingerprint density at radius 1 is 0.854 bits per heavy atom. The fourth-order valence-electron chi connectivity index (χ4n) is 5.00. The zero-order chi connectivity index (χ0) is 29.0. The summed E-state index contributed by atoms with van der Waals surface area (Å²) in [7, 11) is 1.69. The molecule has 3 amide bonds. The molecule has 0 spiro atoms. The molecule has 41 heavy (non-hydrogen) atoms. The molecule has 1 saturated heterocycles. The first-order chi connectivity index (χ1) is 20.0. The Morgan fingerprint density at radius 3 is 2.29 bits per heavy atom. The molecular formula is C32H41N5O4.